The number of fused-ring (bicyclic) bond motifs is 1. The number of rotatable bonds is 5. The molecular formula is C18H19N3O3S. The molecule has 0 saturated carbocycles. The summed E-state index contributed by atoms with van der Waals surface area (Å²) in [5.74, 6) is 3.15. The highest BCUT2D eigenvalue weighted by molar-refractivity contribution is 7.98. The Hall–Kier alpha value is -2.41. The van der Waals surface area contributed by atoms with Gasteiger partial charge in [-0.15, -0.1) is 0 Å². The summed E-state index contributed by atoms with van der Waals surface area (Å²) < 4.78 is 18.6. The van der Waals surface area contributed by atoms with Crippen LogP contribution in [-0.2, 0) is 12.3 Å². The fraction of sp³-hybridized carbons (Fsp3) is 0.333. The average molecular weight is 357 g/mol. The number of nitrogens with zero attached hydrogens (tertiary/aromatic N) is 3. The SMILES string of the molecule is CCn1c(-c2ccc3c(c2)OCCO3)cnc1SCc1cc(C)on1. The van der Waals surface area contributed by atoms with Crippen molar-refractivity contribution in [1.82, 2.24) is 14.7 Å². The Bertz CT molecular complexity index is 888. The quantitative estimate of drug-likeness (QED) is 0.645. The van der Waals surface area contributed by atoms with Gasteiger partial charge in [0.15, 0.2) is 16.7 Å². The zero-order valence-electron chi connectivity index (χ0n) is 14.2. The van der Waals surface area contributed by atoms with Gasteiger partial charge in [0.05, 0.1) is 17.6 Å². The van der Waals surface area contributed by atoms with Crippen molar-refractivity contribution in [2.75, 3.05) is 13.2 Å². The molecule has 0 N–H and O–H groups in total. The molecule has 1 aliphatic rings. The van der Waals surface area contributed by atoms with Crippen molar-refractivity contribution in [2.45, 2.75) is 31.3 Å². The molecule has 3 aromatic rings. The summed E-state index contributed by atoms with van der Waals surface area (Å²) in [6.07, 6.45) is 1.91. The first kappa shape index (κ1) is 16.1. The topological polar surface area (TPSA) is 62.3 Å². The second-order valence-corrected chi connectivity index (χ2v) is 6.69. The van der Waals surface area contributed by atoms with E-state index in [9.17, 15) is 0 Å². The van der Waals surface area contributed by atoms with Crippen molar-refractivity contribution in [2.24, 2.45) is 0 Å². The summed E-state index contributed by atoms with van der Waals surface area (Å²) >= 11 is 1.66. The minimum atomic E-state index is 0.585. The van der Waals surface area contributed by atoms with Crippen LogP contribution in [0.5, 0.6) is 11.5 Å². The van der Waals surface area contributed by atoms with E-state index in [4.69, 9.17) is 14.0 Å². The van der Waals surface area contributed by atoms with E-state index in [0.717, 1.165) is 51.7 Å². The summed E-state index contributed by atoms with van der Waals surface area (Å²) in [5, 5.41) is 5.00. The van der Waals surface area contributed by atoms with Crippen LogP contribution in [0.4, 0.5) is 0 Å². The van der Waals surface area contributed by atoms with Crippen LogP contribution in [0.25, 0.3) is 11.3 Å². The molecule has 3 heterocycles. The third kappa shape index (κ3) is 3.24. The highest BCUT2D eigenvalue weighted by Gasteiger charge is 2.16. The van der Waals surface area contributed by atoms with E-state index in [1.165, 1.54) is 0 Å². The van der Waals surface area contributed by atoms with Crippen LogP contribution in [0.15, 0.2) is 40.1 Å². The number of hydrogen-bond acceptors (Lipinski definition) is 6. The fourth-order valence-corrected chi connectivity index (χ4v) is 3.76. The van der Waals surface area contributed by atoms with E-state index >= 15 is 0 Å². The van der Waals surface area contributed by atoms with Gasteiger partial charge >= 0.3 is 0 Å². The maximum Gasteiger partial charge on any atom is 0.168 e. The number of benzene rings is 1. The van der Waals surface area contributed by atoms with Crippen LogP contribution in [0.1, 0.15) is 18.4 Å². The van der Waals surface area contributed by atoms with Crippen LogP contribution in [0.2, 0.25) is 0 Å². The summed E-state index contributed by atoms with van der Waals surface area (Å²) in [4.78, 5) is 4.59. The summed E-state index contributed by atoms with van der Waals surface area (Å²) in [7, 11) is 0. The molecule has 0 atom stereocenters. The predicted molar refractivity (Wildman–Crippen MR) is 95.1 cm³/mol. The van der Waals surface area contributed by atoms with Crippen molar-refractivity contribution in [3.63, 3.8) is 0 Å². The lowest BCUT2D eigenvalue weighted by Gasteiger charge is -2.19. The van der Waals surface area contributed by atoms with E-state index in [-0.39, 0.29) is 0 Å². The molecule has 4 rings (SSSR count). The normalized spacial score (nSPS) is 13.2. The zero-order valence-corrected chi connectivity index (χ0v) is 15.0. The Morgan fingerprint density at radius 2 is 2.00 bits per heavy atom. The molecule has 2 aromatic heterocycles. The van der Waals surface area contributed by atoms with Crippen molar-refractivity contribution >= 4 is 11.8 Å². The second kappa shape index (κ2) is 6.84. The van der Waals surface area contributed by atoms with Gasteiger partial charge in [-0.2, -0.15) is 0 Å². The monoisotopic (exact) mass is 357 g/mol. The minimum Gasteiger partial charge on any atom is -0.486 e. The molecule has 1 aromatic carbocycles. The standard InChI is InChI=1S/C18H19N3O3S/c1-3-21-15(13-4-5-16-17(9-13)23-7-6-22-16)10-19-18(21)25-11-14-8-12(2)24-20-14/h4-5,8-10H,3,6-7,11H2,1-2H3. The summed E-state index contributed by atoms with van der Waals surface area (Å²) in [6, 6.07) is 7.98. The summed E-state index contributed by atoms with van der Waals surface area (Å²) in [5.41, 5.74) is 3.06. The smallest absolute Gasteiger partial charge is 0.168 e. The number of aromatic nitrogens is 3. The molecule has 0 amide bonds. The molecule has 25 heavy (non-hydrogen) atoms. The fourth-order valence-electron chi connectivity index (χ4n) is 2.84. The highest BCUT2D eigenvalue weighted by Crippen LogP contribution is 2.36. The Labute approximate surface area is 150 Å². The molecule has 7 heteroatoms. The van der Waals surface area contributed by atoms with Gasteiger partial charge < -0.3 is 18.6 Å². The highest BCUT2D eigenvalue weighted by atomic mass is 32.2. The molecule has 0 spiro atoms. The van der Waals surface area contributed by atoms with Gasteiger partial charge in [-0.3, -0.25) is 0 Å². The van der Waals surface area contributed by atoms with Gasteiger partial charge in [0.2, 0.25) is 0 Å². The van der Waals surface area contributed by atoms with E-state index in [2.05, 4.69) is 21.6 Å². The Morgan fingerprint density at radius 1 is 1.16 bits per heavy atom. The first-order valence-corrected chi connectivity index (χ1v) is 9.23. The summed E-state index contributed by atoms with van der Waals surface area (Å²) in [6.45, 7) is 6.04. The van der Waals surface area contributed by atoms with Gasteiger partial charge in [-0.1, -0.05) is 16.9 Å². The van der Waals surface area contributed by atoms with Crippen LogP contribution >= 0.6 is 11.8 Å². The first-order chi connectivity index (χ1) is 12.2. The van der Waals surface area contributed by atoms with Crippen LogP contribution < -0.4 is 9.47 Å². The van der Waals surface area contributed by atoms with Crippen molar-refractivity contribution in [3.8, 4) is 22.8 Å². The molecule has 0 fully saturated rings. The molecule has 6 nitrogen and oxygen atoms in total. The average Bonchev–Trinajstić information content (AvgIpc) is 3.25. The Balaban J connectivity index is 1.59. The van der Waals surface area contributed by atoms with Gasteiger partial charge in [0, 0.05) is 23.9 Å². The van der Waals surface area contributed by atoms with Gasteiger partial charge in [-0.25, -0.2) is 4.98 Å². The van der Waals surface area contributed by atoms with E-state index in [1.54, 1.807) is 11.8 Å². The van der Waals surface area contributed by atoms with Gasteiger partial charge in [-0.05, 0) is 32.0 Å². The molecule has 130 valence electrons. The Morgan fingerprint density at radius 3 is 2.76 bits per heavy atom. The number of ether oxygens (including phenoxy) is 2. The minimum absolute atomic E-state index is 0.585. The number of hydrogen-bond donors (Lipinski definition) is 0. The lowest BCUT2D eigenvalue weighted by atomic mass is 10.1. The second-order valence-electron chi connectivity index (χ2n) is 5.75. The van der Waals surface area contributed by atoms with Crippen molar-refractivity contribution < 1.29 is 14.0 Å². The van der Waals surface area contributed by atoms with Crippen molar-refractivity contribution in [1.29, 1.82) is 0 Å². The third-order valence-electron chi connectivity index (χ3n) is 4.00. The maximum absolute atomic E-state index is 5.70. The van der Waals surface area contributed by atoms with Crippen molar-refractivity contribution in [3.05, 3.63) is 41.9 Å². The Kier molecular flexibility index (Phi) is 4.40. The lowest BCUT2D eigenvalue weighted by Crippen LogP contribution is -2.15. The predicted octanol–water partition coefficient (Wildman–Crippen LogP) is 3.93. The van der Waals surface area contributed by atoms with Crippen LogP contribution in [-0.4, -0.2) is 27.9 Å². The molecular weight excluding hydrogens is 338 g/mol. The lowest BCUT2D eigenvalue weighted by molar-refractivity contribution is 0.171. The molecule has 0 radical (unpaired) electrons. The molecule has 0 bridgehead atoms. The van der Waals surface area contributed by atoms with Gasteiger partial charge in [0.25, 0.3) is 0 Å². The molecule has 0 unspecified atom stereocenters. The maximum atomic E-state index is 5.70. The largest absolute Gasteiger partial charge is 0.486 e. The molecule has 1 aliphatic heterocycles. The van der Waals surface area contributed by atoms with Gasteiger partial charge in [0.1, 0.15) is 19.0 Å². The van der Waals surface area contributed by atoms with E-state index in [1.807, 2.05) is 37.4 Å². The molecule has 0 saturated heterocycles. The number of aryl methyl sites for hydroxylation is 1. The van der Waals surface area contributed by atoms with Crippen LogP contribution in [0.3, 0.4) is 0 Å². The van der Waals surface area contributed by atoms with Crippen LogP contribution in [0, 0.1) is 6.92 Å². The zero-order chi connectivity index (χ0) is 17.2. The number of thioether (sulfide) groups is 1. The third-order valence-corrected chi connectivity index (χ3v) is 5.02. The van der Waals surface area contributed by atoms with E-state index < -0.39 is 0 Å². The first-order valence-electron chi connectivity index (χ1n) is 8.25. The molecule has 0 aliphatic carbocycles. The van der Waals surface area contributed by atoms with E-state index in [0.29, 0.717) is 13.2 Å². The number of imidazole rings is 1.